The van der Waals surface area contributed by atoms with E-state index in [1.165, 1.54) is 12.0 Å². The molecule has 0 heterocycles. The van der Waals surface area contributed by atoms with Crippen LogP contribution < -0.4 is 14.8 Å². The smallest absolute Gasteiger partial charge is 0.261 e. The van der Waals surface area contributed by atoms with E-state index in [1.807, 2.05) is 13.0 Å². The molecule has 33 heavy (non-hydrogen) atoms. The quantitative estimate of drug-likeness (QED) is 0.491. The molecule has 3 rings (SSSR count). The van der Waals surface area contributed by atoms with Crippen LogP contribution in [0.1, 0.15) is 44.6 Å². The fourth-order valence-corrected chi connectivity index (χ4v) is 4.62. The fourth-order valence-electron chi connectivity index (χ4n) is 4.10. The third-order valence-corrected chi connectivity index (χ3v) is 6.61. The summed E-state index contributed by atoms with van der Waals surface area (Å²) >= 11 is 12.8. The summed E-state index contributed by atoms with van der Waals surface area (Å²) in [5, 5.41) is 4.00. The number of hydrogen-bond donors (Lipinski definition) is 1. The number of rotatable bonds is 10. The Labute approximate surface area is 205 Å². The van der Waals surface area contributed by atoms with Gasteiger partial charge in [0.2, 0.25) is 5.91 Å². The summed E-state index contributed by atoms with van der Waals surface area (Å²) in [6.45, 7) is 1.73. The van der Waals surface area contributed by atoms with Gasteiger partial charge in [-0.3, -0.25) is 9.59 Å². The summed E-state index contributed by atoms with van der Waals surface area (Å²) in [6, 6.07) is 11.8. The number of benzene rings is 2. The van der Waals surface area contributed by atoms with E-state index in [4.69, 9.17) is 32.7 Å². The van der Waals surface area contributed by atoms with Crippen LogP contribution in [0.15, 0.2) is 42.5 Å². The Kier molecular flexibility index (Phi) is 9.27. The minimum absolute atomic E-state index is 0.100. The maximum atomic E-state index is 13.4. The van der Waals surface area contributed by atoms with Gasteiger partial charge in [0, 0.05) is 28.2 Å². The SMILES string of the molecule is CCC(C(=O)NC1CCCC1)N(Cc1c(Cl)cccc1Cl)C(=O)COc1ccccc1OC. The van der Waals surface area contributed by atoms with Crippen molar-refractivity contribution in [3.63, 3.8) is 0 Å². The second-order valence-electron chi connectivity index (χ2n) is 8.08. The summed E-state index contributed by atoms with van der Waals surface area (Å²) in [7, 11) is 1.54. The van der Waals surface area contributed by atoms with Crippen LogP contribution >= 0.6 is 23.2 Å². The van der Waals surface area contributed by atoms with E-state index >= 15 is 0 Å². The second kappa shape index (κ2) is 12.1. The first kappa shape index (κ1) is 25.2. The largest absolute Gasteiger partial charge is 0.493 e. The van der Waals surface area contributed by atoms with Gasteiger partial charge in [0.1, 0.15) is 6.04 Å². The minimum Gasteiger partial charge on any atom is -0.493 e. The molecular formula is C25H30Cl2N2O4. The first-order valence-corrected chi connectivity index (χ1v) is 12.0. The molecule has 0 aromatic heterocycles. The lowest BCUT2D eigenvalue weighted by atomic mass is 10.1. The molecule has 1 saturated carbocycles. The Bertz CT molecular complexity index is 943. The van der Waals surface area contributed by atoms with Gasteiger partial charge in [0.05, 0.1) is 7.11 Å². The van der Waals surface area contributed by atoms with E-state index < -0.39 is 6.04 Å². The number of hydrogen-bond acceptors (Lipinski definition) is 4. The molecule has 2 aromatic rings. The van der Waals surface area contributed by atoms with Crippen LogP contribution in [0.25, 0.3) is 0 Å². The average Bonchev–Trinajstić information content (AvgIpc) is 3.32. The Morgan fingerprint density at radius 2 is 1.70 bits per heavy atom. The topological polar surface area (TPSA) is 67.9 Å². The van der Waals surface area contributed by atoms with Crippen molar-refractivity contribution in [3.05, 3.63) is 58.1 Å². The summed E-state index contributed by atoms with van der Waals surface area (Å²) in [4.78, 5) is 28.1. The number of carbonyl (C=O) groups is 2. The number of methoxy groups -OCH3 is 1. The second-order valence-corrected chi connectivity index (χ2v) is 8.89. The van der Waals surface area contributed by atoms with Crippen molar-refractivity contribution in [2.45, 2.75) is 57.7 Å². The zero-order valence-corrected chi connectivity index (χ0v) is 20.5. The van der Waals surface area contributed by atoms with Crippen LogP contribution in [0.2, 0.25) is 10.0 Å². The van der Waals surface area contributed by atoms with Gasteiger partial charge in [0.15, 0.2) is 18.1 Å². The Balaban J connectivity index is 1.82. The molecule has 0 radical (unpaired) electrons. The van der Waals surface area contributed by atoms with E-state index in [2.05, 4.69) is 5.32 Å². The molecule has 1 aliphatic rings. The van der Waals surface area contributed by atoms with Crippen LogP contribution in [0, 0.1) is 0 Å². The molecule has 1 N–H and O–H groups in total. The summed E-state index contributed by atoms with van der Waals surface area (Å²) in [5.74, 6) is 0.466. The molecule has 1 fully saturated rings. The number of ether oxygens (including phenoxy) is 2. The Morgan fingerprint density at radius 1 is 1.06 bits per heavy atom. The van der Waals surface area contributed by atoms with E-state index in [-0.39, 0.29) is 31.0 Å². The molecule has 0 spiro atoms. The Morgan fingerprint density at radius 3 is 2.30 bits per heavy atom. The molecular weight excluding hydrogens is 463 g/mol. The number of para-hydroxylation sites is 2. The number of nitrogens with one attached hydrogen (secondary N) is 1. The third kappa shape index (κ3) is 6.55. The molecule has 1 unspecified atom stereocenters. The molecule has 0 aliphatic heterocycles. The summed E-state index contributed by atoms with van der Waals surface area (Å²) in [5.41, 5.74) is 0.596. The molecule has 178 valence electrons. The summed E-state index contributed by atoms with van der Waals surface area (Å²) < 4.78 is 11.1. The lowest BCUT2D eigenvalue weighted by Gasteiger charge is -2.32. The number of nitrogens with zero attached hydrogens (tertiary/aromatic N) is 1. The van der Waals surface area contributed by atoms with Crippen molar-refractivity contribution in [2.75, 3.05) is 13.7 Å². The van der Waals surface area contributed by atoms with E-state index in [1.54, 1.807) is 36.4 Å². The van der Waals surface area contributed by atoms with E-state index in [0.29, 0.717) is 33.5 Å². The minimum atomic E-state index is -0.674. The molecule has 1 atom stereocenters. The number of carbonyl (C=O) groups excluding carboxylic acids is 2. The predicted molar refractivity (Wildman–Crippen MR) is 130 cm³/mol. The highest BCUT2D eigenvalue weighted by Gasteiger charge is 2.31. The summed E-state index contributed by atoms with van der Waals surface area (Å²) in [6.07, 6.45) is 4.58. The maximum Gasteiger partial charge on any atom is 0.261 e. The van der Waals surface area contributed by atoms with Crippen molar-refractivity contribution < 1.29 is 19.1 Å². The van der Waals surface area contributed by atoms with Crippen LogP contribution in [0.4, 0.5) is 0 Å². The first-order valence-electron chi connectivity index (χ1n) is 11.2. The van der Waals surface area contributed by atoms with E-state index in [9.17, 15) is 9.59 Å². The molecule has 2 aromatic carbocycles. The van der Waals surface area contributed by atoms with Gasteiger partial charge in [-0.05, 0) is 43.5 Å². The third-order valence-electron chi connectivity index (χ3n) is 5.90. The molecule has 1 aliphatic carbocycles. The van der Waals surface area contributed by atoms with Crippen molar-refractivity contribution in [1.82, 2.24) is 10.2 Å². The van der Waals surface area contributed by atoms with Crippen LogP contribution in [0.5, 0.6) is 11.5 Å². The van der Waals surface area contributed by atoms with Crippen LogP contribution in [0.3, 0.4) is 0 Å². The zero-order valence-electron chi connectivity index (χ0n) is 19.0. The van der Waals surface area contributed by atoms with Crippen LogP contribution in [-0.2, 0) is 16.1 Å². The first-order chi connectivity index (χ1) is 15.9. The van der Waals surface area contributed by atoms with E-state index in [0.717, 1.165) is 25.7 Å². The lowest BCUT2D eigenvalue weighted by molar-refractivity contribution is -0.143. The van der Waals surface area contributed by atoms with Gasteiger partial charge < -0.3 is 19.7 Å². The normalized spacial score (nSPS) is 14.5. The molecule has 6 nitrogen and oxygen atoms in total. The predicted octanol–water partition coefficient (Wildman–Crippen LogP) is 5.25. The number of halogens is 2. The standard InChI is InChI=1S/C25H30Cl2N2O4/c1-3-21(25(31)28-17-9-4-5-10-17)29(15-18-19(26)11-8-12-20(18)27)24(30)16-33-23-14-7-6-13-22(23)32-2/h6-8,11-14,17,21H,3-5,9-10,15-16H2,1-2H3,(H,28,31). The molecule has 2 amide bonds. The van der Waals surface area contributed by atoms with Gasteiger partial charge in [-0.2, -0.15) is 0 Å². The van der Waals surface area contributed by atoms with Crippen molar-refractivity contribution in [2.24, 2.45) is 0 Å². The van der Waals surface area contributed by atoms with Gasteiger partial charge in [-0.1, -0.05) is 61.2 Å². The van der Waals surface area contributed by atoms with Crippen molar-refractivity contribution in [3.8, 4) is 11.5 Å². The van der Waals surface area contributed by atoms with Gasteiger partial charge in [-0.15, -0.1) is 0 Å². The van der Waals surface area contributed by atoms with Crippen LogP contribution in [-0.4, -0.2) is 42.5 Å². The van der Waals surface area contributed by atoms with Crippen molar-refractivity contribution in [1.29, 1.82) is 0 Å². The highest BCUT2D eigenvalue weighted by Crippen LogP contribution is 2.28. The fraction of sp³-hybridized carbons (Fsp3) is 0.440. The number of amides is 2. The zero-order chi connectivity index (χ0) is 23.8. The monoisotopic (exact) mass is 492 g/mol. The maximum absolute atomic E-state index is 13.4. The van der Waals surface area contributed by atoms with Crippen molar-refractivity contribution >= 4 is 35.0 Å². The molecule has 0 saturated heterocycles. The lowest BCUT2D eigenvalue weighted by Crippen LogP contribution is -2.52. The average molecular weight is 493 g/mol. The molecule has 8 heteroatoms. The highest BCUT2D eigenvalue weighted by atomic mass is 35.5. The highest BCUT2D eigenvalue weighted by molar-refractivity contribution is 6.36. The van der Waals surface area contributed by atoms with Gasteiger partial charge in [-0.25, -0.2) is 0 Å². The Hall–Kier alpha value is -2.44. The molecule has 0 bridgehead atoms. The van der Waals surface area contributed by atoms with Gasteiger partial charge >= 0.3 is 0 Å². The van der Waals surface area contributed by atoms with Gasteiger partial charge in [0.25, 0.3) is 5.91 Å².